The monoisotopic (exact) mass is 682 g/mol. The number of hydrogen-bond acceptors (Lipinski definition) is 4. The first kappa shape index (κ1) is 32.9. The predicted octanol–water partition coefficient (Wildman–Crippen LogP) is 9.64. The Labute approximate surface area is 298 Å². The Hall–Kier alpha value is -4.27. The predicted molar refractivity (Wildman–Crippen MR) is 205 cm³/mol. The second kappa shape index (κ2) is 14.5. The maximum atomic E-state index is 6.65. The van der Waals surface area contributed by atoms with Gasteiger partial charge in [0.25, 0.3) is 0 Å². The zero-order valence-corrected chi connectivity index (χ0v) is 30.0. The van der Waals surface area contributed by atoms with Crippen molar-refractivity contribution in [1.29, 1.82) is 0 Å². The molecule has 0 radical (unpaired) electrons. The molecular weight excluding hydrogens is 635 g/mol. The van der Waals surface area contributed by atoms with Crippen LogP contribution in [0.2, 0.25) is 0 Å². The van der Waals surface area contributed by atoms with Crippen molar-refractivity contribution in [3.8, 4) is 23.0 Å². The number of allylic oxidation sites excluding steroid dienone is 5. The summed E-state index contributed by atoms with van der Waals surface area (Å²) in [5.74, 6) is 5.76. The fraction of sp³-hybridized carbons (Fsp3) is 0.333. The molecule has 2 heterocycles. The molecule has 2 aliphatic carbocycles. The lowest BCUT2D eigenvalue weighted by molar-refractivity contribution is -0.0128. The van der Waals surface area contributed by atoms with Crippen molar-refractivity contribution >= 4 is 23.8 Å². The van der Waals surface area contributed by atoms with Crippen molar-refractivity contribution in [2.75, 3.05) is 0 Å². The molecule has 8 atom stereocenters. The van der Waals surface area contributed by atoms with Gasteiger partial charge in [-0.3, -0.25) is 0 Å². The van der Waals surface area contributed by atoms with Crippen LogP contribution in [0, 0.1) is 42.4 Å². The largest absolute Gasteiger partial charge is 0.451 e. The lowest BCUT2D eigenvalue weighted by Gasteiger charge is -2.22. The lowest BCUT2D eigenvalue weighted by atomic mass is 9.95. The van der Waals surface area contributed by atoms with Gasteiger partial charge >= 0.3 is 0 Å². The molecular formula is C45H47O4P. The van der Waals surface area contributed by atoms with Gasteiger partial charge in [0.05, 0.1) is 0 Å². The van der Waals surface area contributed by atoms with Crippen molar-refractivity contribution < 1.29 is 18.9 Å². The van der Waals surface area contributed by atoms with Gasteiger partial charge in [0, 0.05) is 11.8 Å². The minimum atomic E-state index is -0.713. The molecule has 0 spiro atoms. The van der Waals surface area contributed by atoms with Crippen molar-refractivity contribution in [3.63, 3.8) is 0 Å². The Morgan fingerprint density at radius 3 is 1.74 bits per heavy atom. The molecule has 2 aliphatic heterocycles. The summed E-state index contributed by atoms with van der Waals surface area (Å²) >= 11 is 0. The van der Waals surface area contributed by atoms with Gasteiger partial charge in [0.1, 0.15) is 0 Å². The van der Waals surface area contributed by atoms with Crippen LogP contribution in [0.5, 0.6) is 23.0 Å². The number of hydrogen-bond donors (Lipinski definition) is 0. The second-order valence-electron chi connectivity index (χ2n) is 14.4. The SMILES string of the molecule is C=C[C@@H]1CC(/C=C\[C@@H]2CC(/C=C/CC)C(C3Oc4ccc(C)cc4O3)C2)CC1C1Oc2ccc(P(c3ccccc3)c3ccccc3)cc2O1. The van der Waals surface area contributed by atoms with E-state index in [2.05, 4.69) is 142 Å². The van der Waals surface area contributed by atoms with E-state index >= 15 is 0 Å². The number of rotatable bonds is 10. The third-order valence-corrected chi connectivity index (χ3v) is 13.4. The lowest BCUT2D eigenvalue weighted by Crippen LogP contribution is -2.30. The van der Waals surface area contributed by atoms with Gasteiger partial charge < -0.3 is 18.9 Å². The molecule has 50 heavy (non-hydrogen) atoms. The van der Waals surface area contributed by atoms with E-state index in [0.29, 0.717) is 29.6 Å². The van der Waals surface area contributed by atoms with E-state index < -0.39 is 7.92 Å². The van der Waals surface area contributed by atoms with E-state index in [-0.39, 0.29) is 18.5 Å². The molecule has 8 rings (SSSR count). The van der Waals surface area contributed by atoms with Gasteiger partial charge in [-0.05, 0) is 122 Å². The van der Waals surface area contributed by atoms with Crippen LogP contribution >= 0.6 is 7.92 Å². The van der Waals surface area contributed by atoms with Crippen molar-refractivity contribution in [3.05, 3.63) is 140 Å². The minimum Gasteiger partial charge on any atom is -0.451 e. The van der Waals surface area contributed by atoms with Crippen LogP contribution in [0.25, 0.3) is 0 Å². The molecule has 6 unspecified atom stereocenters. The first-order valence-corrected chi connectivity index (χ1v) is 19.7. The fourth-order valence-corrected chi connectivity index (χ4v) is 10.8. The molecule has 0 N–H and O–H groups in total. The highest BCUT2D eigenvalue weighted by Gasteiger charge is 2.44. The summed E-state index contributed by atoms with van der Waals surface area (Å²) in [5, 5.41) is 3.92. The van der Waals surface area contributed by atoms with Crippen LogP contribution in [0.15, 0.2) is 134 Å². The van der Waals surface area contributed by atoms with Gasteiger partial charge in [-0.2, -0.15) is 0 Å². The topological polar surface area (TPSA) is 36.9 Å². The zero-order chi connectivity index (χ0) is 34.0. The number of benzene rings is 4. The van der Waals surface area contributed by atoms with E-state index in [1.54, 1.807) is 0 Å². The maximum absolute atomic E-state index is 6.65. The normalized spacial score (nSPS) is 28.3. The van der Waals surface area contributed by atoms with Crippen molar-refractivity contribution in [1.82, 2.24) is 0 Å². The summed E-state index contributed by atoms with van der Waals surface area (Å²) in [5.41, 5.74) is 1.19. The van der Waals surface area contributed by atoms with Crippen LogP contribution in [-0.4, -0.2) is 12.6 Å². The Bertz CT molecular complexity index is 1810. The third-order valence-electron chi connectivity index (χ3n) is 11.0. The van der Waals surface area contributed by atoms with Crippen molar-refractivity contribution in [2.45, 2.75) is 58.5 Å². The molecule has 0 amide bonds. The molecule has 2 fully saturated rings. The maximum Gasteiger partial charge on any atom is 0.244 e. The molecule has 256 valence electrons. The molecule has 0 aromatic heterocycles. The minimum absolute atomic E-state index is 0.228. The number of fused-ring (bicyclic) bond motifs is 2. The van der Waals surface area contributed by atoms with E-state index in [1.165, 1.54) is 21.5 Å². The van der Waals surface area contributed by atoms with Crippen LogP contribution in [-0.2, 0) is 0 Å². The molecule has 0 saturated heterocycles. The van der Waals surface area contributed by atoms with E-state index in [4.69, 9.17) is 18.9 Å². The number of aryl methyl sites for hydroxylation is 1. The molecule has 4 aromatic carbocycles. The van der Waals surface area contributed by atoms with E-state index in [1.807, 2.05) is 6.07 Å². The average Bonchev–Trinajstić information content (AvgIpc) is 3.94. The highest BCUT2D eigenvalue weighted by Crippen LogP contribution is 2.49. The molecule has 0 bridgehead atoms. The smallest absolute Gasteiger partial charge is 0.244 e. The summed E-state index contributed by atoms with van der Waals surface area (Å²) in [6, 6.07) is 34.4. The standard InChI is InChI=1S/C45H47O4P/c1-4-6-13-34-26-32(28-39(34)45-46-40-22-18-30(3)24-42(40)48-45)20-19-31-25-33(5-2)38(27-31)44-47-41-23-21-37(29-43(41)49-44)50(35-14-9-7-10-15-35)36-16-11-8-12-17-36/h5-24,29,31-34,38-39,44-45H,2,4,25-28H2,1,3H3/b13-6+,20-19-/t31?,32-,33-,34?,38?,39?,44?,45?/m1/s1. The molecule has 4 nitrogen and oxygen atoms in total. The van der Waals surface area contributed by atoms with Gasteiger partial charge in [-0.1, -0.05) is 104 Å². The Morgan fingerprint density at radius 1 is 0.600 bits per heavy atom. The highest BCUT2D eigenvalue weighted by atomic mass is 31.1. The summed E-state index contributed by atoms with van der Waals surface area (Å²) in [6.45, 7) is 8.54. The van der Waals surface area contributed by atoms with E-state index in [0.717, 1.165) is 55.1 Å². The highest BCUT2D eigenvalue weighted by molar-refractivity contribution is 7.79. The first-order chi connectivity index (χ1) is 24.6. The van der Waals surface area contributed by atoms with Gasteiger partial charge in [0.15, 0.2) is 23.0 Å². The molecule has 4 aliphatic rings. The molecule has 4 aromatic rings. The molecule has 5 heteroatoms. The first-order valence-electron chi connectivity index (χ1n) is 18.4. The Morgan fingerprint density at radius 2 is 1.14 bits per heavy atom. The quantitative estimate of drug-likeness (QED) is 0.123. The van der Waals surface area contributed by atoms with Crippen LogP contribution in [0.4, 0.5) is 0 Å². The van der Waals surface area contributed by atoms with Gasteiger partial charge in [0.2, 0.25) is 12.6 Å². The van der Waals surface area contributed by atoms with Gasteiger partial charge in [-0.25, -0.2) is 0 Å². The Kier molecular flexibility index (Phi) is 9.56. The zero-order valence-electron chi connectivity index (χ0n) is 29.1. The van der Waals surface area contributed by atoms with Crippen LogP contribution < -0.4 is 34.9 Å². The van der Waals surface area contributed by atoms with Gasteiger partial charge in [-0.15, -0.1) is 6.58 Å². The summed E-state index contributed by atoms with van der Waals surface area (Å²) in [7, 11) is -0.713. The number of ether oxygens (including phenoxy) is 4. The van der Waals surface area contributed by atoms with E-state index in [9.17, 15) is 0 Å². The Balaban J connectivity index is 0.940. The summed E-state index contributed by atoms with van der Waals surface area (Å²) in [4.78, 5) is 0. The van der Waals surface area contributed by atoms with Crippen molar-refractivity contribution in [2.24, 2.45) is 35.5 Å². The summed E-state index contributed by atoms with van der Waals surface area (Å²) < 4.78 is 25.9. The second-order valence-corrected chi connectivity index (χ2v) is 16.6. The van der Waals surface area contributed by atoms with Crippen LogP contribution in [0.3, 0.4) is 0 Å². The third kappa shape index (κ3) is 6.75. The average molecular weight is 683 g/mol. The molecule has 2 saturated carbocycles. The fourth-order valence-electron chi connectivity index (χ4n) is 8.48. The summed E-state index contributed by atoms with van der Waals surface area (Å²) in [6.07, 6.45) is 16.6. The van der Waals surface area contributed by atoms with Crippen LogP contribution in [0.1, 0.15) is 44.6 Å².